The molecule has 1 heterocycles. The van der Waals surface area contributed by atoms with Gasteiger partial charge in [0.2, 0.25) is 0 Å². The van der Waals surface area contributed by atoms with Crippen molar-refractivity contribution in [2.75, 3.05) is 19.8 Å². The minimum Gasteiger partial charge on any atom is -0.493 e. The highest BCUT2D eigenvalue weighted by Crippen LogP contribution is 2.17. The zero-order valence-corrected chi connectivity index (χ0v) is 10.6. The molecule has 17 heavy (non-hydrogen) atoms. The largest absolute Gasteiger partial charge is 0.493 e. The SMILES string of the molecule is Cc1cc(C)cc(OCCC2OCCCO2)c1. The summed E-state index contributed by atoms with van der Waals surface area (Å²) in [4.78, 5) is 0. The summed E-state index contributed by atoms with van der Waals surface area (Å²) < 4.78 is 16.6. The summed E-state index contributed by atoms with van der Waals surface area (Å²) in [5, 5.41) is 0. The lowest BCUT2D eigenvalue weighted by Gasteiger charge is -2.23. The first-order chi connectivity index (χ1) is 8.24. The highest BCUT2D eigenvalue weighted by molar-refractivity contribution is 5.32. The van der Waals surface area contributed by atoms with E-state index in [1.807, 2.05) is 0 Å². The van der Waals surface area contributed by atoms with Gasteiger partial charge < -0.3 is 14.2 Å². The fraction of sp³-hybridized carbons (Fsp3) is 0.571. The second-order valence-electron chi connectivity index (χ2n) is 4.49. The van der Waals surface area contributed by atoms with E-state index in [1.54, 1.807) is 0 Å². The van der Waals surface area contributed by atoms with Gasteiger partial charge in [-0.05, 0) is 43.5 Å². The van der Waals surface area contributed by atoms with Gasteiger partial charge in [0, 0.05) is 6.42 Å². The molecular weight excluding hydrogens is 216 g/mol. The number of ether oxygens (including phenoxy) is 3. The maximum Gasteiger partial charge on any atom is 0.160 e. The topological polar surface area (TPSA) is 27.7 Å². The summed E-state index contributed by atoms with van der Waals surface area (Å²) in [6, 6.07) is 6.24. The molecule has 0 aromatic heterocycles. The molecule has 0 aliphatic carbocycles. The molecule has 1 fully saturated rings. The predicted octanol–water partition coefficient (Wildman–Crippen LogP) is 2.84. The van der Waals surface area contributed by atoms with Gasteiger partial charge in [0.25, 0.3) is 0 Å². The van der Waals surface area contributed by atoms with Crippen LogP contribution in [0.1, 0.15) is 24.0 Å². The molecule has 1 aromatic carbocycles. The predicted molar refractivity (Wildman–Crippen MR) is 66.3 cm³/mol. The van der Waals surface area contributed by atoms with E-state index < -0.39 is 0 Å². The highest BCUT2D eigenvalue weighted by Gasteiger charge is 2.13. The van der Waals surface area contributed by atoms with Crippen molar-refractivity contribution in [2.45, 2.75) is 33.0 Å². The van der Waals surface area contributed by atoms with Crippen molar-refractivity contribution < 1.29 is 14.2 Å². The highest BCUT2D eigenvalue weighted by atomic mass is 16.7. The minimum atomic E-state index is -0.0883. The van der Waals surface area contributed by atoms with Crippen molar-refractivity contribution >= 4 is 0 Å². The smallest absolute Gasteiger partial charge is 0.160 e. The quantitative estimate of drug-likeness (QED) is 0.804. The van der Waals surface area contributed by atoms with Crippen molar-refractivity contribution in [3.05, 3.63) is 29.3 Å². The number of hydrogen-bond acceptors (Lipinski definition) is 3. The van der Waals surface area contributed by atoms with E-state index in [4.69, 9.17) is 14.2 Å². The number of aryl methyl sites for hydroxylation is 2. The molecule has 0 unspecified atom stereocenters. The van der Waals surface area contributed by atoms with E-state index in [0.717, 1.165) is 31.8 Å². The molecule has 1 saturated heterocycles. The summed E-state index contributed by atoms with van der Waals surface area (Å²) in [5.41, 5.74) is 2.45. The molecule has 3 heteroatoms. The third-order valence-electron chi connectivity index (χ3n) is 2.71. The lowest BCUT2D eigenvalue weighted by Crippen LogP contribution is -2.26. The molecule has 0 N–H and O–H groups in total. The van der Waals surface area contributed by atoms with Gasteiger partial charge in [0.15, 0.2) is 6.29 Å². The Balaban J connectivity index is 1.77. The molecule has 0 spiro atoms. The first-order valence-corrected chi connectivity index (χ1v) is 6.18. The standard InChI is InChI=1S/C14H20O3/c1-11-8-12(2)10-13(9-11)15-7-4-14-16-5-3-6-17-14/h8-10,14H,3-7H2,1-2H3. The van der Waals surface area contributed by atoms with Crippen LogP contribution in [-0.2, 0) is 9.47 Å². The average Bonchev–Trinajstić information content (AvgIpc) is 2.29. The van der Waals surface area contributed by atoms with Gasteiger partial charge in [-0.1, -0.05) is 6.07 Å². The molecule has 3 nitrogen and oxygen atoms in total. The van der Waals surface area contributed by atoms with Crippen molar-refractivity contribution in [3.63, 3.8) is 0 Å². The second kappa shape index (κ2) is 6.03. The zero-order valence-electron chi connectivity index (χ0n) is 10.6. The summed E-state index contributed by atoms with van der Waals surface area (Å²) in [7, 11) is 0. The van der Waals surface area contributed by atoms with Gasteiger partial charge >= 0.3 is 0 Å². The molecule has 1 aliphatic heterocycles. The van der Waals surface area contributed by atoms with Crippen molar-refractivity contribution in [1.29, 1.82) is 0 Å². The number of hydrogen-bond donors (Lipinski definition) is 0. The van der Waals surface area contributed by atoms with Crippen LogP contribution in [-0.4, -0.2) is 26.1 Å². The van der Waals surface area contributed by atoms with Crippen LogP contribution >= 0.6 is 0 Å². The van der Waals surface area contributed by atoms with Gasteiger partial charge in [-0.25, -0.2) is 0 Å². The molecule has 0 atom stereocenters. The van der Waals surface area contributed by atoms with Crippen LogP contribution in [0.15, 0.2) is 18.2 Å². The van der Waals surface area contributed by atoms with E-state index in [-0.39, 0.29) is 6.29 Å². The normalized spacial score (nSPS) is 17.1. The van der Waals surface area contributed by atoms with Crippen LogP contribution in [0.3, 0.4) is 0 Å². The molecule has 0 bridgehead atoms. The third-order valence-corrected chi connectivity index (χ3v) is 2.71. The molecular formula is C14H20O3. The summed E-state index contributed by atoms with van der Waals surface area (Å²) in [6.07, 6.45) is 1.69. The number of benzene rings is 1. The van der Waals surface area contributed by atoms with Gasteiger partial charge in [-0.3, -0.25) is 0 Å². The van der Waals surface area contributed by atoms with Gasteiger partial charge in [0.1, 0.15) is 5.75 Å². The zero-order chi connectivity index (χ0) is 12.1. The third kappa shape index (κ3) is 4.02. The Labute approximate surface area is 103 Å². The summed E-state index contributed by atoms with van der Waals surface area (Å²) in [5.74, 6) is 0.929. The van der Waals surface area contributed by atoms with E-state index in [1.165, 1.54) is 11.1 Å². The van der Waals surface area contributed by atoms with Crippen LogP contribution < -0.4 is 4.74 Å². The molecule has 0 radical (unpaired) electrons. The van der Waals surface area contributed by atoms with Crippen molar-refractivity contribution in [3.8, 4) is 5.75 Å². The lowest BCUT2D eigenvalue weighted by molar-refractivity contribution is -0.183. The Bertz CT molecular complexity index is 336. The van der Waals surface area contributed by atoms with Crippen LogP contribution in [0.5, 0.6) is 5.75 Å². The Kier molecular flexibility index (Phi) is 4.40. The van der Waals surface area contributed by atoms with E-state index in [0.29, 0.717) is 6.61 Å². The molecule has 2 rings (SSSR count). The van der Waals surface area contributed by atoms with Gasteiger partial charge in [-0.15, -0.1) is 0 Å². The maximum absolute atomic E-state index is 5.71. The molecule has 0 saturated carbocycles. The summed E-state index contributed by atoms with van der Waals surface area (Å²) in [6.45, 7) is 6.39. The molecule has 0 amide bonds. The maximum atomic E-state index is 5.71. The van der Waals surface area contributed by atoms with Crippen molar-refractivity contribution in [2.24, 2.45) is 0 Å². The van der Waals surface area contributed by atoms with Crippen LogP contribution in [0.2, 0.25) is 0 Å². The lowest BCUT2D eigenvalue weighted by atomic mass is 10.1. The first-order valence-electron chi connectivity index (χ1n) is 6.18. The first kappa shape index (κ1) is 12.4. The van der Waals surface area contributed by atoms with Gasteiger partial charge in [-0.2, -0.15) is 0 Å². The molecule has 1 aromatic rings. The van der Waals surface area contributed by atoms with Gasteiger partial charge in [0.05, 0.1) is 19.8 Å². The Hall–Kier alpha value is -1.06. The van der Waals surface area contributed by atoms with Crippen molar-refractivity contribution in [1.82, 2.24) is 0 Å². The molecule has 1 aliphatic rings. The monoisotopic (exact) mass is 236 g/mol. The molecule has 94 valence electrons. The van der Waals surface area contributed by atoms with E-state index in [2.05, 4.69) is 32.0 Å². The fourth-order valence-corrected chi connectivity index (χ4v) is 1.99. The average molecular weight is 236 g/mol. The van der Waals surface area contributed by atoms with Crippen LogP contribution in [0, 0.1) is 13.8 Å². The second-order valence-corrected chi connectivity index (χ2v) is 4.49. The van der Waals surface area contributed by atoms with E-state index >= 15 is 0 Å². The summed E-state index contributed by atoms with van der Waals surface area (Å²) >= 11 is 0. The Morgan fingerprint density at radius 2 is 1.76 bits per heavy atom. The fourth-order valence-electron chi connectivity index (χ4n) is 1.99. The van der Waals surface area contributed by atoms with Crippen LogP contribution in [0.4, 0.5) is 0 Å². The van der Waals surface area contributed by atoms with Crippen LogP contribution in [0.25, 0.3) is 0 Å². The Morgan fingerprint density at radius 1 is 1.12 bits per heavy atom. The van der Waals surface area contributed by atoms with E-state index in [9.17, 15) is 0 Å². The minimum absolute atomic E-state index is 0.0883. The Morgan fingerprint density at radius 3 is 2.41 bits per heavy atom. The number of rotatable bonds is 4.